The molecular weight excluding hydrogens is 198 g/mol. The molecule has 1 fully saturated rings. The summed E-state index contributed by atoms with van der Waals surface area (Å²) < 4.78 is 4.32. The van der Waals surface area contributed by atoms with Gasteiger partial charge >= 0.3 is 6.09 Å². The molecule has 0 aliphatic carbocycles. The van der Waals surface area contributed by atoms with Crippen LogP contribution in [0.2, 0.25) is 0 Å². The van der Waals surface area contributed by atoms with Crippen molar-refractivity contribution in [1.82, 2.24) is 10.2 Å². The zero-order valence-corrected chi connectivity index (χ0v) is 8.86. The molecule has 86 valence electrons. The Hall–Kier alpha value is -1.14. The van der Waals surface area contributed by atoms with Gasteiger partial charge < -0.3 is 10.5 Å². The van der Waals surface area contributed by atoms with E-state index in [9.17, 15) is 9.59 Å². The molecule has 1 saturated heterocycles. The summed E-state index contributed by atoms with van der Waals surface area (Å²) in [6.07, 6.45) is 1.27. The number of piperidine rings is 1. The van der Waals surface area contributed by atoms with Crippen LogP contribution >= 0.6 is 0 Å². The monoisotopic (exact) mass is 215 g/mol. The van der Waals surface area contributed by atoms with Crippen molar-refractivity contribution in [3.05, 3.63) is 0 Å². The predicted octanol–water partition coefficient (Wildman–Crippen LogP) is -0.708. The largest absolute Gasteiger partial charge is 0.453 e. The molecule has 15 heavy (non-hydrogen) atoms. The lowest BCUT2D eigenvalue weighted by Gasteiger charge is -2.29. The molecule has 1 heterocycles. The molecule has 0 radical (unpaired) electrons. The number of hydrogen-bond donors (Lipinski definition) is 2. The fourth-order valence-corrected chi connectivity index (χ4v) is 1.64. The minimum atomic E-state index is -0.721. The zero-order chi connectivity index (χ0) is 11.3. The van der Waals surface area contributed by atoms with Crippen molar-refractivity contribution in [2.45, 2.75) is 18.9 Å². The van der Waals surface area contributed by atoms with Gasteiger partial charge in [0.15, 0.2) is 0 Å². The fraction of sp³-hybridized carbons (Fsp3) is 0.778. The Bertz CT molecular complexity index is 245. The summed E-state index contributed by atoms with van der Waals surface area (Å²) in [5.74, 6) is -0.351. The van der Waals surface area contributed by atoms with E-state index in [1.54, 1.807) is 0 Å². The maximum Gasteiger partial charge on any atom is 0.413 e. The minimum Gasteiger partial charge on any atom is -0.453 e. The Kier molecular flexibility index (Phi) is 4.51. The van der Waals surface area contributed by atoms with Crippen molar-refractivity contribution in [2.24, 2.45) is 5.73 Å². The summed E-state index contributed by atoms with van der Waals surface area (Å²) in [6, 6.07) is 0.129. The van der Waals surface area contributed by atoms with Crippen LogP contribution in [0.3, 0.4) is 0 Å². The number of hydrogen-bond acceptors (Lipinski definition) is 5. The molecule has 6 nitrogen and oxygen atoms in total. The molecule has 0 aromatic carbocycles. The first-order valence-corrected chi connectivity index (χ1v) is 4.97. The molecule has 0 aromatic heterocycles. The highest BCUT2D eigenvalue weighted by Gasteiger charge is 2.19. The molecule has 1 atom stereocenters. The average Bonchev–Trinajstić information content (AvgIpc) is 2.17. The van der Waals surface area contributed by atoms with Gasteiger partial charge in [0, 0.05) is 12.6 Å². The van der Waals surface area contributed by atoms with Crippen LogP contribution in [0.5, 0.6) is 0 Å². The number of amides is 2. The molecule has 1 aliphatic heterocycles. The molecule has 2 amide bonds. The third-order valence-electron chi connectivity index (χ3n) is 2.34. The fourth-order valence-electron chi connectivity index (χ4n) is 1.64. The number of carbonyl (C=O) groups is 2. The van der Waals surface area contributed by atoms with Crippen LogP contribution in [-0.2, 0) is 9.53 Å². The number of nitrogens with zero attached hydrogens (tertiary/aromatic N) is 1. The summed E-state index contributed by atoms with van der Waals surface area (Å²) in [4.78, 5) is 24.0. The van der Waals surface area contributed by atoms with Crippen LogP contribution in [0, 0.1) is 0 Å². The quantitative estimate of drug-likeness (QED) is 0.635. The van der Waals surface area contributed by atoms with Crippen LogP contribution in [0.25, 0.3) is 0 Å². The standard InChI is InChI=1S/C9H17N3O3/c1-15-9(14)11-8(13)6-12-4-2-3-7(10)5-12/h7H,2-6,10H2,1H3,(H,11,13,14). The van der Waals surface area contributed by atoms with Gasteiger partial charge in [-0.25, -0.2) is 4.79 Å². The molecule has 3 N–H and O–H groups in total. The minimum absolute atomic E-state index is 0.129. The number of rotatable bonds is 2. The summed E-state index contributed by atoms with van der Waals surface area (Å²) >= 11 is 0. The van der Waals surface area contributed by atoms with E-state index in [1.807, 2.05) is 4.90 Å². The second-order valence-corrected chi connectivity index (χ2v) is 3.68. The highest BCUT2D eigenvalue weighted by Crippen LogP contribution is 2.07. The molecule has 0 bridgehead atoms. The summed E-state index contributed by atoms with van der Waals surface area (Å²) in [6.45, 7) is 1.75. The van der Waals surface area contributed by atoms with Gasteiger partial charge in [-0.15, -0.1) is 0 Å². The second kappa shape index (κ2) is 5.67. The van der Waals surface area contributed by atoms with E-state index < -0.39 is 6.09 Å². The number of imide groups is 1. The van der Waals surface area contributed by atoms with E-state index in [2.05, 4.69) is 10.1 Å². The Morgan fingerprint density at radius 2 is 2.33 bits per heavy atom. The van der Waals surface area contributed by atoms with Gasteiger partial charge in [-0.2, -0.15) is 0 Å². The molecule has 1 aliphatic rings. The van der Waals surface area contributed by atoms with Crippen molar-refractivity contribution in [3.63, 3.8) is 0 Å². The first-order valence-electron chi connectivity index (χ1n) is 4.97. The van der Waals surface area contributed by atoms with Crippen LogP contribution < -0.4 is 11.1 Å². The van der Waals surface area contributed by atoms with Gasteiger partial charge in [0.05, 0.1) is 13.7 Å². The van der Waals surface area contributed by atoms with E-state index in [0.29, 0.717) is 6.54 Å². The van der Waals surface area contributed by atoms with Gasteiger partial charge in [0.1, 0.15) is 0 Å². The van der Waals surface area contributed by atoms with Crippen molar-refractivity contribution < 1.29 is 14.3 Å². The van der Waals surface area contributed by atoms with Gasteiger partial charge in [-0.3, -0.25) is 15.0 Å². The normalized spacial score (nSPS) is 22.1. The Balaban J connectivity index is 2.27. The summed E-state index contributed by atoms with van der Waals surface area (Å²) in [7, 11) is 1.22. The topological polar surface area (TPSA) is 84.7 Å². The van der Waals surface area contributed by atoms with E-state index in [0.717, 1.165) is 19.4 Å². The van der Waals surface area contributed by atoms with E-state index >= 15 is 0 Å². The molecule has 0 aromatic rings. The number of nitrogens with two attached hydrogens (primary N) is 1. The highest BCUT2D eigenvalue weighted by molar-refractivity contribution is 5.92. The first kappa shape index (κ1) is 11.9. The number of alkyl carbamates (subject to hydrolysis) is 1. The highest BCUT2D eigenvalue weighted by atomic mass is 16.5. The maximum atomic E-state index is 11.3. The lowest BCUT2D eigenvalue weighted by Crippen LogP contribution is -2.47. The SMILES string of the molecule is COC(=O)NC(=O)CN1CCCC(N)C1. The molecule has 6 heteroatoms. The molecule has 1 rings (SSSR count). The lowest BCUT2D eigenvalue weighted by atomic mass is 10.1. The summed E-state index contributed by atoms with van der Waals surface area (Å²) in [5, 5.41) is 2.11. The maximum absolute atomic E-state index is 11.3. The van der Waals surface area contributed by atoms with Crippen molar-refractivity contribution in [1.29, 1.82) is 0 Å². The Labute approximate surface area is 88.7 Å². The van der Waals surface area contributed by atoms with Gasteiger partial charge in [-0.05, 0) is 19.4 Å². The van der Waals surface area contributed by atoms with Crippen LogP contribution in [-0.4, -0.2) is 49.7 Å². The third-order valence-corrected chi connectivity index (χ3v) is 2.34. The van der Waals surface area contributed by atoms with Crippen molar-refractivity contribution in [3.8, 4) is 0 Å². The lowest BCUT2D eigenvalue weighted by molar-refractivity contribution is -0.121. The number of nitrogens with one attached hydrogen (secondary N) is 1. The first-order chi connectivity index (χ1) is 7.11. The Morgan fingerprint density at radius 1 is 1.60 bits per heavy atom. The van der Waals surface area contributed by atoms with E-state index in [4.69, 9.17) is 5.73 Å². The van der Waals surface area contributed by atoms with Crippen molar-refractivity contribution in [2.75, 3.05) is 26.7 Å². The van der Waals surface area contributed by atoms with Crippen molar-refractivity contribution >= 4 is 12.0 Å². The predicted molar refractivity (Wildman–Crippen MR) is 54.2 cm³/mol. The molecule has 0 saturated carbocycles. The smallest absolute Gasteiger partial charge is 0.413 e. The van der Waals surface area contributed by atoms with E-state index in [-0.39, 0.29) is 18.5 Å². The molecular formula is C9H17N3O3. The zero-order valence-electron chi connectivity index (χ0n) is 8.86. The number of carbonyl (C=O) groups excluding carboxylic acids is 2. The van der Waals surface area contributed by atoms with Gasteiger partial charge in [-0.1, -0.05) is 0 Å². The Morgan fingerprint density at radius 3 is 2.93 bits per heavy atom. The van der Waals surface area contributed by atoms with Gasteiger partial charge in [0.25, 0.3) is 0 Å². The number of likely N-dealkylation sites (tertiary alicyclic amines) is 1. The number of ether oxygens (including phenoxy) is 1. The van der Waals surface area contributed by atoms with Crippen LogP contribution in [0.15, 0.2) is 0 Å². The third kappa shape index (κ3) is 4.26. The van der Waals surface area contributed by atoms with Gasteiger partial charge in [0.2, 0.25) is 5.91 Å². The second-order valence-electron chi connectivity index (χ2n) is 3.68. The molecule has 1 unspecified atom stereocenters. The average molecular weight is 215 g/mol. The van der Waals surface area contributed by atoms with Crippen LogP contribution in [0.4, 0.5) is 4.79 Å². The van der Waals surface area contributed by atoms with E-state index in [1.165, 1.54) is 7.11 Å². The van der Waals surface area contributed by atoms with Crippen LogP contribution in [0.1, 0.15) is 12.8 Å². The summed E-state index contributed by atoms with van der Waals surface area (Å²) in [5.41, 5.74) is 5.76. The number of methoxy groups -OCH3 is 1. The molecule has 0 spiro atoms.